The molecule has 154 valence electrons. The second kappa shape index (κ2) is 9.57. The highest BCUT2D eigenvalue weighted by atomic mass is 16.2. The van der Waals surface area contributed by atoms with Gasteiger partial charge in [-0.25, -0.2) is 4.79 Å². The SMILES string of the molecule is Cc1cc(C)c(NC(=O)CNC(=O)NC(C)C(=O)N2CCCCC2C)c(C)c1. The molecule has 7 nitrogen and oxygen atoms in total. The number of anilines is 1. The Morgan fingerprint density at radius 3 is 2.39 bits per heavy atom. The lowest BCUT2D eigenvalue weighted by atomic mass is 10.0. The number of nitrogens with one attached hydrogen (secondary N) is 3. The van der Waals surface area contributed by atoms with Gasteiger partial charge in [0.25, 0.3) is 0 Å². The second-order valence-corrected chi connectivity index (χ2v) is 7.75. The lowest BCUT2D eigenvalue weighted by Gasteiger charge is -2.35. The molecular weight excluding hydrogens is 356 g/mol. The summed E-state index contributed by atoms with van der Waals surface area (Å²) < 4.78 is 0. The van der Waals surface area contributed by atoms with Gasteiger partial charge in [0, 0.05) is 18.3 Å². The van der Waals surface area contributed by atoms with Crippen molar-refractivity contribution in [1.29, 1.82) is 0 Å². The number of likely N-dealkylation sites (tertiary alicyclic amines) is 1. The van der Waals surface area contributed by atoms with E-state index in [0.717, 1.165) is 48.2 Å². The van der Waals surface area contributed by atoms with E-state index in [2.05, 4.69) is 16.0 Å². The first-order valence-corrected chi connectivity index (χ1v) is 9.91. The average molecular weight is 389 g/mol. The highest BCUT2D eigenvalue weighted by Gasteiger charge is 2.27. The van der Waals surface area contributed by atoms with E-state index in [1.807, 2.05) is 44.7 Å². The molecule has 1 aliphatic heterocycles. The molecule has 1 aliphatic rings. The van der Waals surface area contributed by atoms with Crippen molar-refractivity contribution >= 4 is 23.5 Å². The molecule has 28 heavy (non-hydrogen) atoms. The zero-order chi connectivity index (χ0) is 20.8. The van der Waals surface area contributed by atoms with Crippen molar-refractivity contribution in [2.24, 2.45) is 0 Å². The maximum Gasteiger partial charge on any atom is 0.315 e. The van der Waals surface area contributed by atoms with Gasteiger partial charge in [-0.15, -0.1) is 0 Å². The van der Waals surface area contributed by atoms with E-state index < -0.39 is 12.1 Å². The predicted octanol–water partition coefficient (Wildman–Crippen LogP) is 2.64. The lowest BCUT2D eigenvalue weighted by molar-refractivity contribution is -0.136. The van der Waals surface area contributed by atoms with Crippen molar-refractivity contribution in [3.63, 3.8) is 0 Å². The quantitative estimate of drug-likeness (QED) is 0.724. The van der Waals surface area contributed by atoms with Gasteiger partial charge < -0.3 is 20.9 Å². The van der Waals surface area contributed by atoms with Crippen LogP contribution in [0.1, 0.15) is 49.8 Å². The number of rotatable bonds is 5. The third-order valence-corrected chi connectivity index (χ3v) is 5.16. The maximum absolute atomic E-state index is 12.5. The summed E-state index contributed by atoms with van der Waals surface area (Å²) in [6, 6.07) is 3.03. The van der Waals surface area contributed by atoms with Gasteiger partial charge in [-0.05, 0) is 65.0 Å². The first kappa shape index (κ1) is 21.7. The van der Waals surface area contributed by atoms with E-state index in [1.165, 1.54) is 0 Å². The molecular formula is C21H32N4O3. The lowest BCUT2D eigenvalue weighted by Crippen LogP contribution is -2.53. The number of hydrogen-bond donors (Lipinski definition) is 3. The second-order valence-electron chi connectivity index (χ2n) is 7.75. The third-order valence-electron chi connectivity index (χ3n) is 5.16. The summed E-state index contributed by atoms with van der Waals surface area (Å²) in [6.45, 7) is 10.1. The fraction of sp³-hybridized carbons (Fsp3) is 0.571. The van der Waals surface area contributed by atoms with Gasteiger partial charge in [0.05, 0.1) is 6.54 Å². The number of hydrogen-bond acceptors (Lipinski definition) is 3. The van der Waals surface area contributed by atoms with Crippen LogP contribution in [-0.2, 0) is 9.59 Å². The Bertz CT molecular complexity index is 724. The van der Waals surface area contributed by atoms with Gasteiger partial charge in [0.15, 0.2) is 0 Å². The molecule has 1 heterocycles. The minimum Gasteiger partial charge on any atom is -0.338 e. The number of piperidine rings is 1. The highest BCUT2D eigenvalue weighted by Crippen LogP contribution is 2.21. The first-order valence-electron chi connectivity index (χ1n) is 9.91. The Labute approximate surface area is 167 Å². The molecule has 0 bridgehead atoms. The van der Waals surface area contributed by atoms with Gasteiger partial charge in [0.2, 0.25) is 11.8 Å². The van der Waals surface area contributed by atoms with E-state index in [9.17, 15) is 14.4 Å². The molecule has 1 saturated heterocycles. The van der Waals surface area contributed by atoms with Gasteiger partial charge in [-0.3, -0.25) is 9.59 Å². The molecule has 0 aliphatic carbocycles. The number of benzene rings is 1. The first-order chi connectivity index (χ1) is 13.2. The molecule has 0 radical (unpaired) electrons. The van der Waals surface area contributed by atoms with Crippen LogP contribution in [0, 0.1) is 20.8 Å². The van der Waals surface area contributed by atoms with Gasteiger partial charge >= 0.3 is 6.03 Å². The van der Waals surface area contributed by atoms with E-state index in [0.29, 0.717) is 0 Å². The summed E-state index contributed by atoms with van der Waals surface area (Å²) in [5, 5.41) is 7.98. The molecule has 0 aromatic heterocycles. The fourth-order valence-electron chi connectivity index (χ4n) is 3.71. The van der Waals surface area contributed by atoms with Crippen molar-refractivity contribution in [1.82, 2.24) is 15.5 Å². The molecule has 1 aromatic rings. The van der Waals surface area contributed by atoms with Crippen LogP contribution in [0.4, 0.5) is 10.5 Å². The summed E-state index contributed by atoms with van der Waals surface area (Å²) in [5.41, 5.74) is 3.85. The Morgan fingerprint density at radius 2 is 1.79 bits per heavy atom. The van der Waals surface area contributed by atoms with Crippen LogP contribution in [0.3, 0.4) is 0 Å². The van der Waals surface area contributed by atoms with Crippen molar-refractivity contribution in [3.05, 3.63) is 28.8 Å². The summed E-state index contributed by atoms with van der Waals surface area (Å²) in [7, 11) is 0. The van der Waals surface area contributed by atoms with Crippen LogP contribution in [-0.4, -0.2) is 47.9 Å². The zero-order valence-electron chi connectivity index (χ0n) is 17.5. The van der Waals surface area contributed by atoms with Crippen molar-refractivity contribution < 1.29 is 14.4 Å². The van der Waals surface area contributed by atoms with Crippen LogP contribution >= 0.6 is 0 Å². The molecule has 1 aromatic carbocycles. The summed E-state index contributed by atoms with van der Waals surface area (Å²) in [5.74, 6) is -0.397. The van der Waals surface area contributed by atoms with Crippen molar-refractivity contribution in [3.8, 4) is 0 Å². The Balaban J connectivity index is 1.81. The normalized spacial score (nSPS) is 17.6. The van der Waals surface area contributed by atoms with Gasteiger partial charge in [0.1, 0.15) is 6.04 Å². The minimum atomic E-state index is -0.634. The van der Waals surface area contributed by atoms with Crippen molar-refractivity contribution in [2.45, 2.75) is 66.0 Å². The minimum absolute atomic E-state index is 0.0855. The molecule has 0 spiro atoms. The smallest absolute Gasteiger partial charge is 0.315 e. The van der Waals surface area contributed by atoms with Crippen LogP contribution < -0.4 is 16.0 Å². The Morgan fingerprint density at radius 1 is 1.14 bits per heavy atom. The largest absolute Gasteiger partial charge is 0.338 e. The third kappa shape index (κ3) is 5.71. The highest BCUT2D eigenvalue weighted by molar-refractivity contribution is 5.96. The Hall–Kier alpha value is -2.57. The van der Waals surface area contributed by atoms with Crippen LogP contribution in [0.25, 0.3) is 0 Å². The average Bonchev–Trinajstić information content (AvgIpc) is 2.62. The van der Waals surface area contributed by atoms with Gasteiger partial charge in [-0.2, -0.15) is 0 Å². The topological polar surface area (TPSA) is 90.5 Å². The van der Waals surface area contributed by atoms with Crippen LogP contribution in [0.5, 0.6) is 0 Å². The fourth-order valence-corrected chi connectivity index (χ4v) is 3.71. The monoisotopic (exact) mass is 388 g/mol. The molecule has 2 unspecified atom stereocenters. The molecule has 1 fully saturated rings. The molecule has 2 rings (SSSR count). The van der Waals surface area contributed by atoms with E-state index in [1.54, 1.807) is 6.92 Å². The number of amides is 4. The molecule has 3 N–H and O–H groups in total. The predicted molar refractivity (Wildman–Crippen MR) is 110 cm³/mol. The number of carbonyl (C=O) groups is 3. The van der Waals surface area contributed by atoms with Crippen molar-refractivity contribution in [2.75, 3.05) is 18.4 Å². The van der Waals surface area contributed by atoms with Gasteiger partial charge in [-0.1, -0.05) is 17.7 Å². The summed E-state index contributed by atoms with van der Waals surface area (Å²) >= 11 is 0. The van der Waals surface area contributed by atoms with E-state index in [4.69, 9.17) is 0 Å². The molecule has 7 heteroatoms. The molecule has 4 amide bonds. The molecule has 2 atom stereocenters. The maximum atomic E-state index is 12.5. The zero-order valence-corrected chi connectivity index (χ0v) is 17.5. The number of urea groups is 1. The summed E-state index contributed by atoms with van der Waals surface area (Å²) in [6.07, 6.45) is 3.11. The van der Waals surface area contributed by atoms with E-state index >= 15 is 0 Å². The van der Waals surface area contributed by atoms with Crippen LogP contribution in [0.15, 0.2) is 12.1 Å². The van der Waals surface area contributed by atoms with E-state index in [-0.39, 0.29) is 24.4 Å². The number of carbonyl (C=O) groups excluding carboxylic acids is 3. The Kier molecular flexibility index (Phi) is 7.43. The standard InChI is InChI=1S/C21H32N4O3/c1-13-10-14(2)19(15(3)11-13)24-18(26)12-22-21(28)23-17(5)20(27)25-9-7-6-8-16(25)4/h10-11,16-17H,6-9,12H2,1-5H3,(H,24,26)(H2,22,23,28). The summed E-state index contributed by atoms with van der Waals surface area (Å²) in [4.78, 5) is 38.6. The number of aryl methyl sites for hydroxylation is 3. The molecule has 0 saturated carbocycles. The number of nitrogens with zero attached hydrogens (tertiary/aromatic N) is 1. The van der Waals surface area contributed by atoms with Crippen LogP contribution in [0.2, 0.25) is 0 Å².